The quantitative estimate of drug-likeness (QED) is 0.238. The van der Waals surface area contributed by atoms with E-state index in [1.165, 1.54) is 44.9 Å². The van der Waals surface area contributed by atoms with Gasteiger partial charge in [-0.15, -0.1) is 0 Å². The van der Waals surface area contributed by atoms with Gasteiger partial charge >= 0.3 is 0 Å². The molecule has 4 nitrogen and oxygen atoms in total. The molecular formula is C25H39NO3. The number of rotatable bonds is 16. The van der Waals surface area contributed by atoms with Crippen LogP contribution in [0, 0.1) is 11.8 Å². The zero-order chi connectivity index (χ0) is 21.2. The van der Waals surface area contributed by atoms with E-state index >= 15 is 0 Å². The molecule has 0 aliphatic carbocycles. The Morgan fingerprint density at radius 2 is 1.72 bits per heavy atom. The molecule has 0 aliphatic heterocycles. The van der Waals surface area contributed by atoms with Gasteiger partial charge in [-0.2, -0.15) is 0 Å². The van der Waals surface area contributed by atoms with Gasteiger partial charge in [0.2, 0.25) is 5.78 Å². The van der Waals surface area contributed by atoms with Crippen LogP contribution in [-0.2, 0) is 16.1 Å². The van der Waals surface area contributed by atoms with E-state index in [-0.39, 0.29) is 18.8 Å². The van der Waals surface area contributed by atoms with E-state index in [0.717, 1.165) is 18.4 Å². The van der Waals surface area contributed by atoms with Crippen LogP contribution in [0.25, 0.3) is 0 Å². The van der Waals surface area contributed by atoms with E-state index in [4.69, 9.17) is 10.5 Å². The Balaban J connectivity index is 2.04. The Hall–Kier alpha value is -1.67. The molecule has 0 unspecified atom stereocenters. The summed E-state index contributed by atoms with van der Waals surface area (Å²) >= 11 is 0. The predicted molar refractivity (Wildman–Crippen MR) is 119 cm³/mol. The maximum absolute atomic E-state index is 11.8. The van der Waals surface area contributed by atoms with E-state index in [2.05, 4.69) is 18.8 Å². The van der Waals surface area contributed by atoms with Crippen molar-refractivity contribution < 1.29 is 14.6 Å². The van der Waals surface area contributed by atoms with Gasteiger partial charge < -0.3 is 15.6 Å². The second kappa shape index (κ2) is 17.2. The van der Waals surface area contributed by atoms with E-state index in [0.29, 0.717) is 13.0 Å². The smallest absolute Gasteiger partial charge is 0.205 e. The zero-order valence-electron chi connectivity index (χ0n) is 18.1. The average molecular weight is 402 g/mol. The normalized spacial score (nSPS) is 12.8. The van der Waals surface area contributed by atoms with E-state index in [1.807, 2.05) is 30.3 Å². The van der Waals surface area contributed by atoms with E-state index in [1.54, 1.807) is 0 Å². The fourth-order valence-corrected chi connectivity index (χ4v) is 3.06. The van der Waals surface area contributed by atoms with Gasteiger partial charge in [0, 0.05) is 12.8 Å². The summed E-state index contributed by atoms with van der Waals surface area (Å²) in [5.41, 5.74) is 7.02. The minimum absolute atomic E-state index is 0.124. The van der Waals surface area contributed by atoms with Crippen LogP contribution in [0.4, 0.5) is 0 Å². The molecule has 0 saturated heterocycles. The summed E-state index contributed by atoms with van der Waals surface area (Å²) in [4.78, 5) is 11.8. The Kier molecular flexibility index (Phi) is 15.1. The van der Waals surface area contributed by atoms with Gasteiger partial charge in [-0.05, 0) is 24.3 Å². The highest BCUT2D eigenvalue weighted by molar-refractivity contribution is 5.95. The summed E-state index contributed by atoms with van der Waals surface area (Å²) in [6, 6.07) is 9.31. The lowest BCUT2D eigenvalue weighted by atomic mass is 10.1. The van der Waals surface area contributed by atoms with Crippen molar-refractivity contribution in [2.24, 2.45) is 5.73 Å². The first-order chi connectivity index (χ1) is 14.1. The minimum Gasteiger partial charge on any atom is -0.391 e. The van der Waals surface area contributed by atoms with Crippen molar-refractivity contribution in [3.63, 3.8) is 0 Å². The summed E-state index contributed by atoms with van der Waals surface area (Å²) in [6.45, 7) is 2.95. The summed E-state index contributed by atoms with van der Waals surface area (Å²) in [6.07, 6.45) is 10.7. The summed E-state index contributed by atoms with van der Waals surface area (Å²) < 4.78 is 5.55. The Labute approximate surface area is 177 Å². The van der Waals surface area contributed by atoms with Crippen molar-refractivity contribution >= 4 is 5.78 Å². The molecule has 0 amide bonds. The fourth-order valence-electron chi connectivity index (χ4n) is 3.06. The number of aliphatic hydroxyl groups is 1. The molecule has 3 N–H and O–H groups in total. The number of ether oxygens (including phenoxy) is 1. The lowest BCUT2D eigenvalue weighted by molar-refractivity contribution is -0.114. The Bertz CT molecular complexity index is 591. The van der Waals surface area contributed by atoms with Crippen LogP contribution < -0.4 is 5.73 Å². The number of Topliss-reactive ketones (excluding diaryl/α,β-unsaturated/α-hetero) is 1. The van der Waals surface area contributed by atoms with Gasteiger partial charge in [-0.3, -0.25) is 4.79 Å². The molecule has 0 fully saturated rings. The molecule has 0 bridgehead atoms. The van der Waals surface area contributed by atoms with Crippen LogP contribution in [0.1, 0.15) is 83.1 Å². The van der Waals surface area contributed by atoms with Crippen molar-refractivity contribution in [2.75, 3.05) is 6.61 Å². The van der Waals surface area contributed by atoms with Gasteiger partial charge in [0.1, 0.15) is 0 Å². The number of unbranched alkanes of at least 4 members (excludes halogenated alkanes) is 8. The highest BCUT2D eigenvalue weighted by Gasteiger charge is 2.16. The number of hydrogen-bond donors (Lipinski definition) is 2. The van der Waals surface area contributed by atoms with Crippen molar-refractivity contribution in [1.29, 1.82) is 0 Å². The van der Waals surface area contributed by atoms with E-state index < -0.39 is 12.1 Å². The molecule has 0 radical (unpaired) electrons. The lowest BCUT2D eigenvalue weighted by Gasteiger charge is -2.18. The van der Waals surface area contributed by atoms with Crippen molar-refractivity contribution in [3.8, 4) is 11.8 Å². The van der Waals surface area contributed by atoms with Gasteiger partial charge in [0.25, 0.3) is 0 Å². The van der Waals surface area contributed by atoms with Crippen LogP contribution in [0.15, 0.2) is 30.3 Å². The third kappa shape index (κ3) is 14.0. The largest absolute Gasteiger partial charge is 0.391 e. The van der Waals surface area contributed by atoms with Crippen LogP contribution in [0.5, 0.6) is 0 Å². The van der Waals surface area contributed by atoms with Crippen LogP contribution in [0.2, 0.25) is 0 Å². The second-order valence-corrected chi connectivity index (χ2v) is 7.72. The van der Waals surface area contributed by atoms with E-state index in [9.17, 15) is 9.90 Å². The highest BCUT2D eigenvalue weighted by Crippen LogP contribution is 2.09. The third-order valence-corrected chi connectivity index (χ3v) is 4.97. The van der Waals surface area contributed by atoms with Crippen LogP contribution in [-0.4, -0.2) is 29.6 Å². The van der Waals surface area contributed by atoms with Crippen molar-refractivity contribution in [2.45, 2.75) is 96.3 Å². The van der Waals surface area contributed by atoms with Crippen LogP contribution in [0.3, 0.4) is 0 Å². The van der Waals surface area contributed by atoms with Gasteiger partial charge in [-0.1, -0.05) is 88.1 Å². The molecule has 0 spiro atoms. The standard InChI is InChI=1S/C25H39NO3/c1-2-3-4-5-6-7-8-9-10-14-17-23(27)18-19-25(28)24(26)21-29-20-22-15-12-11-13-16-22/h11-13,15-16,24-25,28H,2-10,18-21,26H2,1H3/t24-,25+/m0/s1. The van der Waals surface area contributed by atoms with Gasteiger partial charge in [0.05, 0.1) is 25.4 Å². The Morgan fingerprint density at radius 3 is 2.41 bits per heavy atom. The first-order valence-electron chi connectivity index (χ1n) is 11.2. The number of carbonyl (C=O) groups excluding carboxylic acids is 1. The fraction of sp³-hybridized carbons (Fsp3) is 0.640. The van der Waals surface area contributed by atoms with Gasteiger partial charge in [-0.25, -0.2) is 0 Å². The number of carbonyl (C=O) groups is 1. The first-order valence-corrected chi connectivity index (χ1v) is 11.2. The molecule has 1 aromatic rings. The number of benzene rings is 1. The average Bonchev–Trinajstić information content (AvgIpc) is 2.74. The maximum atomic E-state index is 11.8. The summed E-state index contributed by atoms with van der Waals surface area (Å²) in [5.74, 6) is 5.53. The zero-order valence-corrected chi connectivity index (χ0v) is 18.1. The molecule has 4 heteroatoms. The molecule has 1 rings (SSSR count). The third-order valence-electron chi connectivity index (χ3n) is 4.97. The van der Waals surface area contributed by atoms with Crippen molar-refractivity contribution in [1.82, 2.24) is 0 Å². The molecule has 2 atom stereocenters. The molecule has 0 aromatic heterocycles. The maximum Gasteiger partial charge on any atom is 0.205 e. The number of ketones is 1. The topological polar surface area (TPSA) is 72.5 Å². The molecule has 0 heterocycles. The lowest BCUT2D eigenvalue weighted by Crippen LogP contribution is -2.39. The highest BCUT2D eigenvalue weighted by atomic mass is 16.5. The molecule has 0 saturated carbocycles. The molecule has 0 aliphatic rings. The summed E-state index contributed by atoms with van der Waals surface area (Å²) in [7, 11) is 0. The minimum atomic E-state index is -0.760. The monoisotopic (exact) mass is 401 g/mol. The molecule has 1 aromatic carbocycles. The SMILES string of the molecule is CCCCCCCCCCC#CC(=O)CC[C@@H](O)[C@@H](N)COCc1ccccc1. The first kappa shape index (κ1) is 25.4. The second-order valence-electron chi connectivity index (χ2n) is 7.72. The predicted octanol–water partition coefficient (Wildman–Crippen LogP) is 4.77. The van der Waals surface area contributed by atoms with Crippen LogP contribution >= 0.6 is 0 Å². The molecule has 29 heavy (non-hydrogen) atoms. The number of nitrogens with two attached hydrogens (primary N) is 1. The van der Waals surface area contributed by atoms with Gasteiger partial charge in [0.15, 0.2) is 0 Å². The Morgan fingerprint density at radius 1 is 1.07 bits per heavy atom. The van der Waals surface area contributed by atoms with Crippen molar-refractivity contribution in [3.05, 3.63) is 35.9 Å². The number of hydrogen-bond acceptors (Lipinski definition) is 4. The molecular weight excluding hydrogens is 362 g/mol. The molecule has 162 valence electrons. The number of aliphatic hydroxyl groups excluding tert-OH is 1. The summed E-state index contributed by atoms with van der Waals surface area (Å²) in [5, 5.41) is 10.1.